The van der Waals surface area contributed by atoms with E-state index in [1.54, 1.807) is 4.90 Å². The summed E-state index contributed by atoms with van der Waals surface area (Å²) in [5.41, 5.74) is -3.69. The highest BCUT2D eigenvalue weighted by Gasteiger charge is 2.39. The van der Waals surface area contributed by atoms with Crippen molar-refractivity contribution in [2.24, 2.45) is 5.92 Å². The molecule has 15 heteroatoms. The van der Waals surface area contributed by atoms with E-state index in [0.717, 1.165) is 12.3 Å². The number of hydrogen-bond donors (Lipinski definition) is 2. The van der Waals surface area contributed by atoms with Crippen LogP contribution in [-0.2, 0) is 14.3 Å². The van der Waals surface area contributed by atoms with Crippen LogP contribution in [0.25, 0.3) is 11.1 Å². The predicted molar refractivity (Wildman–Crippen MR) is 169 cm³/mol. The van der Waals surface area contributed by atoms with Crippen LogP contribution in [0.4, 0.5) is 39.3 Å². The number of likely N-dealkylation sites (N-methyl/N-ethyl adjacent to an activating group) is 1. The molecule has 1 amide bonds. The third-order valence-corrected chi connectivity index (χ3v) is 8.55. The summed E-state index contributed by atoms with van der Waals surface area (Å²) in [4.78, 5) is 38.9. The molecule has 2 aliphatic rings. The molecule has 0 spiro atoms. The first-order chi connectivity index (χ1) is 22.2. The van der Waals surface area contributed by atoms with Crippen molar-refractivity contribution in [3.8, 4) is 11.1 Å². The van der Waals surface area contributed by atoms with Gasteiger partial charge in [-0.15, -0.1) is 0 Å². The van der Waals surface area contributed by atoms with E-state index in [4.69, 9.17) is 4.74 Å². The third kappa shape index (κ3) is 7.89. The van der Waals surface area contributed by atoms with Crippen LogP contribution in [0.15, 0.2) is 41.9 Å². The van der Waals surface area contributed by atoms with Gasteiger partial charge in [-0.3, -0.25) is 14.5 Å². The number of nitrogens with zero attached hydrogens (tertiary/aromatic N) is 5. The molecule has 3 heterocycles. The first kappa shape index (κ1) is 35.7. The zero-order valence-corrected chi connectivity index (χ0v) is 27.2. The number of allylic oxidation sites excluding steroid dienone is 1. The topological polar surface area (TPSA) is 103 Å². The van der Waals surface area contributed by atoms with Crippen LogP contribution in [0.1, 0.15) is 27.7 Å². The number of aldehydes is 1. The fourth-order valence-corrected chi connectivity index (χ4v) is 5.71. The second kappa shape index (κ2) is 14.8. The van der Waals surface area contributed by atoms with Crippen molar-refractivity contribution in [1.82, 2.24) is 20.2 Å². The van der Waals surface area contributed by atoms with Crippen LogP contribution in [0.5, 0.6) is 0 Å². The molecule has 1 aromatic heterocycles. The molecule has 3 atom stereocenters. The van der Waals surface area contributed by atoms with Crippen molar-refractivity contribution in [2.45, 2.75) is 52.1 Å². The van der Waals surface area contributed by atoms with Gasteiger partial charge >= 0.3 is 6.18 Å². The number of anilines is 3. The summed E-state index contributed by atoms with van der Waals surface area (Å²) in [5.74, 6) is -2.95. The number of amides is 1. The van der Waals surface area contributed by atoms with Crippen LogP contribution in [-0.4, -0.2) is 98.3 Å². The van der Waals surface area contributed by atoms with E-state index >= 15 is 8.78 Å². The second-order valence-electron chi connectivity index (χ2n) is 12.1. The van der Waals surface area contributed by atoms with Gasteiger partial charge in [0.25, 0.3) is 5.91 Å². The molecule has 0 saturated carbocycles. The Kier molecular flexibility index (Phi) is 11.2. The van der Waals surface area contributed by atoms with Crippen molar-refractivity contribution < 1.29 is 36.3 Å². The molecule has 2 aliphatic heterocycles. The van der Waals surface area contributed by atoms with Gasteiger partial charge in [-0.25, -0.2) is 18.7 Å². The molecule has 0 bridgehead atoms. The minimum atomic E-state index is -5.09. The van der Waals surface area contributed by atoms with E-state index < -0.39 is 46.1 Å². The Labute approximate surface area is 270 Å². The molecule has 3 unspecified atom stereocenters. The quantitative estimate of drug-likeness (QED) is 0.173. The standard InChI is InChI=1S/C32H40F5N7O3/c1-18(2)26-17-43(8-10-47-26)31-39-12-21(13-40-31)27-24(33)11-25(44-15-19(3)42(6)20(4)16-44)29(28(27)34)41-30(46)22(14-38-5)23(7-9-45)32(35,36)37/h7,9,11-14,18-20,26,38H,8,10,15-17H2,1-6H3,(H,41,46)/b22-14+,23-7+. The highest BCUT2D eigenvalue weighted by atomic mass is 19.4. The minimum Gasteiger partial charge on any atom is -0.393 e. The Balaban J connectivity index is 1.80. The van der Waals surface area contributed by atoms with Gasteiger partial charge in [0, 0.05) is 75.5 Å². The number of alkyl halides is 3. The van der Waals surface area contributed by atoms with Gasteiger partial charge in [0.1, 0.15) is 17.8 Å². The number of carbonyl (C=O) groups excluding carboxylic acids is 2. The highest BCUT2D eigenvalue weighted by molar-refractivity contribution is 6.09. The number of piperazine rings is 1. The molecular weight excluding hydrogens is 625 g/mol. The van der Waals surface area contributed by atoms with Crippen molar-refractivity contribution >= 4 is 29.5 Å². The normalized spacial score (nSPS) is 21.7. The van der Waals surface area contributed by atoms with Crippen LogP contribution < -0.4 is 20.4 Å². The lowest BCUT2D eigenvalue weighted by Crippen LogP contribution is -2.55. The van der Waals surface area contributed by atoms with Gasteiger partial charge < -0.3 is 25.2 Å². The van der Waals surface area contributed by atoms with Crippen LogP contribution in [0, 0.1) is 17.6 Å². The molecule has 47 heavy (non-hydrogen) atoms. The maximum atomic E-state index is 16.6. The van der Waals surface area contributed by atoms with Gasteiger partial charge in [0.05, 0.1) is 35.1 Å². The molecule has 2 N–H and O–H groups in total. The van der Waals surface area contributed by atoms with Gasteiger partial charge in [0.2, 0.25) is 5.95 Å². The summed E-state index contributed by atoms with van der Waals surface area (Å²) >= 11 is 0. The number of carbonyl (C=O) groups is 2. The predicted octanol–water partition coefficient (Wildman–Crippen LogP) is 4.54. The van der Waals surface area contributed by atoms with E-state index in [1.165, 1.54) is 19.4 Å². The van der Waals surface area contributed by atoms with Gasteiger partial charge in [-0.2, -0.15) is 13.2 Å². The summed E-state index contributed by atoms with van der Waals surface area (Å²) in [6.45, 7) is 10.1. The maximum absolute atomic E-state index is 16.6. The van der Waals surface area contributed by atoms with Crippen molar-refractivity contribution in [3.63, 3.8) is 0 Å². The van der Waals surface area contributed by atoms with Crippen LogP contribution in [0.2, 0.25) is 0 Å². The SMILES string of the molecule is CN/C=C(C(=O)Nc1c(N2CC(C)N(C)C(C)C2)cc(F)c(-c2cnc(N3CCOC(C(C)C)C3)nc2)c1F)\C(=C/C=O)C(F)(F)F. The molecular formula is C32H40F5N7O3. The molecule has 256 valence electrons. The lowest BCUT2D eigenvalue weighted by atomic mass is 10.0. The molecule has 0 aliphatic carbocycles. The second-order valence-corrected chi connectivity index (χ2v) is 12.1. The number of nitrogens with one attached hydrogen (secondary N) is 2. The van der Waals surface area contributed by atoms with Crippen LogP contribution in [0.3, 0.4) is 0 Å². The summed E-state index contributed by atoms with van der Waals surface area (Å²) in [6, 6.07) is 0.934. The Morgan fingerprint density at radius 3 is 2.28 bits per heavy atom. The Hall–Kier alpha value is -4.11. The molecule has 2 saturated heterocycles. The number of morpholine rings is 1. The van der Waals surface area contributed by atoms with E-state index in [9.17, 15) is 22.8 Å². The summed E-state index contributed by atoms with van der Waals surface area (Å²) in [6.07, 6.45) is -1.75. The molecule has 2 aromatic rings. The number of benzene rings is 1. The highest BCUT2D eigenvalue weighted by Crippen LogP contribution is 2.40. The molecule has 0 radical (unpaired) electrons. The smallest absolute Gasteiger partial charge is 0.393 e. The van der Waals surface area contributed by atoms with E-state index in [0.29, 0.717) is 38.7 Å². The fourth-order valence-electron chi connectivity index (χ4n) is 5.71. The Morgan fingerprint density at radius 2 is 1.72 bits per heavy atom. The van der Waals surface area contributed by atoms with E-state index in [1.807, 2.05) is 39.6 Å². The van der Waals surface area contributed by atoms with E-state index in [-0.39, 0.29) is 47.7 Å². The third-order valence-electron chi connectivity index (χ3n) is 8.55. The lowest BCUT2D eigenvalue weighted by Gasteiger charge is -2.44. The van der Waals surface area contributed by atoms with Crippen molar-refractivity contribution in [2.75, 3.05) is 62.0 Å². The Bertz CT molecular complexity index is 1500. The number of ether oxygens (including phenoxy) is 1. The van der Waals surface area contributed by atoms with Gasteiger partial charge in [0.15, 0.2) is 5.82 Å². The summed E-state index contributed by atoms with van der Waals surface area (Å²) in [7, 11) is 3.18. The number of hydrogen-bond acceptors (Lipinski definition) is 9. The summed E-state index contributed by atoms with van der Waals surface area (Å²) < 4.78 is 79.9. The lowest BCUT2D eigenvalue weighted by molar-refractivity contribution is -0.115. The average Bonchev–Trinajstić information content (AvgIpc) is 3.02. The number of rotatable bonds is 9. The van der Waals surface area contributed by atoms with E-state index in [2.05, 4.69) is 25.5 Å². The number of aromatic nitrogens is 2. The monoisotopic (exact) mass is 665 g/mol. The molecule has 10 nitrogen and oxygen atoms in total. The van der Waals surface area contributed by atoms with Crippen molar-refractivity contribution in [3.05, 3.63) is 53.5 Å². The number of halogens is 5. The van der Waals surface area contributed by atoms with Crippen LogP contribution >= 0.6 is 0 Å². The largest absolute Gasteiger partial charge is 0.417 e. The molecule has 4 rings (SSSR count). The molecule has 2 fully saturated rings. The first-order valence-corrected chi connectivity index (χ1v) is 15.3. The zero-order valence-electron chi connectivity index (χ0n) is 27.2. The fraction of sp³-hybridized carbons (Fsp3) is 0.500. The Morgan fingerprint density at radius 1 is 1.09 bits per heavy atom. The maximum Gasteiger partial charge on any atom is 0.417 e. The minimum absolute atomic E-state index is 0.0394. The molecule has 1 aromatic carbocycles. The zero-order chi connectivity index (χ0) is 34.6. The van der Waals surface area contributed by atoms with Crippen molar-refractivity contribution in [1.29, 1.82) is 0 Å². The first-order valence-electron chi connectivity index (χ1n) is 15.3. The van der Waals surface area contributed by atoms with Gasteiger partial charge in [-0.1, -0.05) is 13.8 Å². The van der Waals surface area contributed by atoms with Gasteiger partial charge in [-0.05, 0) is 32.9 Å². The summed E-state index contributed by atoms with van der Waals surface area (Å²) in [5, 5.41) is 4.63. The average molecular weight is 666 g/mol.